The molecule has 0 unspecified atom stereocenters. The molecule has 82 valence electrons. The van der Waals surface area contributed by atoms with Crippen LogP contribution in [-0.2, 0) is 6.54 Å². The van der Waals surface area contributed by atoms with Gasteiger partial charge in [0, 0.05) is 1.43 Å². The first-order valence-corrected chi connectivity index (χ1v) is 5.06. The number of para-hydroxylation sites is 2. The molecule has 2 aromatic rings. The molecule has 0 aliphatic heterocycles. The summed E-state index contributed by atoms with van der Waals surface area (Å²) in [7, 11) is 0. The van der Waals surface area contributed by atoms with Gasteiger partial charge in [0.2, 0.25) is 0 Å². The second-order valence-electron chi connectivity index (χ2n) is 3.10. The number of rotatable bonds is 2. The van der Waals surface area contributed by atoms with Gasteiger partial charge in [0.05, 0.1) is 17.6 Å². The molecule has 0 radical (unpaired) electrons. The molecule has 3 N–H and O–H groups in total. The summed E-state index contributed by atoms with van der Waals surface area (Å²) in [6.07, 6.45) is 2.96. The highest BCUT2D eigenvalue weighted by atomic mass is 14.9. The van der Waals surface area contributed by atoms with Crippen molar-refractivity contribution in [1.82, 2.24) is 9.97 Å². The Morgan fingerprint density at radius 1 is 1.53 bits per heavy atom. The number of aromatic nitrogens is 2. The first kappa shape index (κ1) is 11.5. The van der Waals surface area contributed by atoms with Crippen LogP contribution in [0.5, 0.6) is 0 Å². The van der Waals surface area contributed by atoms with Gasteiger partial charge < -0.3 is 10.7 Å². The van der Waals surface area contributed by atoms with Crippen molar-refractivity contribution >= 4 is 11.0 Å². The molecule has 1 aromatic carbocycles. The molecule has 1 aromatic heterocycles. The van der Waals surface area contributed by atoms with Crippen LogP contribution in [0.25, 0.3) is 11.0 Å². The largest absolute Gasteiger partial charge is 0.341 e. The van der Waals surface area contributed by atoms with E-state index in [4.69, 9.17) is 5.73 Å². The first-order chi connectivity index (χ1) is 7.31. The Morgan fingerprint density at radius 2 is 2.20 bits per heavy atom. The van der Waals surface area contributed by atoms with Gasteiger partial charge in [-0.1, -0.05) is 25.1 Å². The van der Waals surface area contributed by atoms with E-state index in [2.05, 4.69) is 23.5 Å². The topological polar surface area (TPSA) is 54.7 Å². The van der Waals surface area contributed by atoms with Crippen LogP contribution in [0.2, 0.25) is 0 Å². The fraction of sp³-hybridized carbons (Fsp3) is 0.250. The first-order valence-electron chi connectivity index (χ1n) is 5.06. The summed E-state index contributed by atoms with van der Waals surface area (Å²) in [5.74, 6) is 0.839. The monoisotopic (exact) mass is 205 g/mol. The Balaban J connectivity index is 0.000000397. The third-order valence-corrected chi connectivity index (χ3v) is 1.92. The Labute approximate surface area is 91.5 Å². The van der Waals surface area contributed by atoms with E-state index < -0.39 is 0 Å². The number of hydrogen-bond donors (Lipinski definition) is 2. The van der Waals surface area contributed by atoms with E-state index in [-0.39, 0.29) is 1.43 Å². The second-order valence-corrected chi connectivity index (χ2v) is 3.10. The quantitative estimate of drug-likeness (QED) is 0.741. The number of imidazole rings is 1. The van der Waals surface area contributed by atoms with Crippen molar-refractivity contribution in [3.63, 3.8) is 0 Å². The number of allylic oxidation sites excluding steroid dienone is 1. The highest BCUT2D eigenvalue weighted by Crippen LogP contribution is 2.09. The predicted octanol–water partition coefficient (Wildman–Crippen LogP) is 2.85. The summed E-state index contributed by atoms with van der Waals surface area (Å²) in [4.78, 5) is 7.36. The lowest BCUT2D eigenvalue weighted by atomic mass is 10.3. The molecule has 0 saturated carbocycles. The summed E-state index contributed by atoms with van der Waals surface area (Å²) in [6, 6.07) is 7.89. The van der Waals surface area contributed by atoms with Crippen LogP contribution < -0.4 is 5.73 Å². The molecule has 15 heavy (non-hydrogen) atoms. The van der Waals surface area contributed by atoms with Crippen LogP contribution >= 0.6 is 0 Å². The molecule has 0 saturated heterocycles. The Kier molecular flexibility index (Phi) is 4.57. The van der Waals surface area contributed by atoms with Crippen LogP contribution in [0.1, 0.15) is 20.6 Å². The van der Waals surface area contributed by atoms with Crippen LogP contribution in [0.3, 0.4) is 0 Å². The molecule has 0 atom stereocenters. The van der Waals surface area contributed by atoms with Gasteiger partial charge >= 0.3 is 0 Å². The number of nitrogens with one attached hydrogen (secondary N) is 1. The van der Waals surface area contributed by atoms with E-state index in [0.29, 0.717) is 6.54 Å². The summed E-state index contributed by atoms with van der Waals surface area (Å²) in [6.45, 7) is 6.01. The molecule has 3 heteroatoms. The lowest BCUT2D eigenvalue weighted by Gasteiger charge is -1.82. The molecule has 0 bridgehead atoms. The number of fused-ring (bicyclic) bond motifs is 1. The van der Waals surface area contributed by atoms with Crippen molar-refractivity contribution in [2.24, 2.45) is 5.73 Å². The minimum absolute atomic E-state index is 0. The molecule has 0 spiro atoms. The van der Waals surface area contributed by atoms with Crippen molar-refractivity contribution in [3.05, 3.63) is 42.7 Å². The predicted molar refractivity (Wildman–Crippen MR) is 66.6 cm³/mol. The lowest BCUT2D eigenvalue weighted by Crippen LogP contribution is -1.97. The molecular weight excluding hydrogens is 186 g/mol. The highest BCUT2D eigenvalue weighted by molar-refractivity contribution is 5.74. The van der Waals surface area contributed by atoms with Gasteiger partial charge in [-0.05, 0) is 18.6 Å². The number of H-pyrrole nitrogens is 1. The third-order valence-electron chi connectivity index (χ3n) is 1.92. The van der Waals surface area contributed by atoms with Gasteiger partial charge in [0.25, 0.3) is 0 Å². The Hall–Kier alpha value is -1.61. The van der Waals surface area contributed by atoms with Gasteiger partial charge in [-0.25, -0.2) is 4.98 Å². The molecule has 2 rings (SSSR count). The lowest BCUT2D eigenvalue weighted by molar-refractivity contribution is 0.958. The van der Waals surface area contributed by atoms with Crippen LogP contribution in [0.4, 0.5) is 0 Å². The Bertz CT molecular complexity index is 390. The smallest absolute Gasteiger partial charge is 0.121 e. The summed E-state index contributed by atoms with van der Waals surface area (Å²) < 4.78 is 0. The minimum atomic E-state index is 0. The highest BCUT2D eigenvalue weighted by Gasteiger charge is 1.97. The van der Waals surface area contributed by atoms with Crippen molar-refractivity contribution in [2.75, 3.05) is 0 Å². The number of aromatic amines is 1. The maximum absolute atomic E-state index is 5.42. The number of nitrogens with two attached hydrogens (primary N) is 1. The minimum Gasteiger partial charge on any atom is -0.341 e. The van der Waals surface area contributed by atoms with E-state index >= 15 is 0 Å². The summed E-state index contributed by atoms with van der Waals surface area (Å²) in [5, 5.41) is 0. The number of hydrogen-bond acceptors (Lipinski definition) is 2. The van der Waals surface area contributed by atoms with Crippen LogP contribution in [-0.4, -0.2) is 9.97 Å². The standard InChI is InChI=1S/C8H9N3.C4H8.H2/c9-5-8-10-6-3-1-2-4-7(6)11-8;1-3-4-2;/h1-4H,5,9H2,(H,10,11);3H,1,4H2,2H3;1H. The molecular formula is C12H19N3. The summed E-state index contributed by atoms with van der Waals surface area (Å²) in [5.41, 5.74) is 7.45. The van der Waals surface area contributed by atoms with Crippen LogP contribution in [0.15, 0.2) is 36.9 Å². The van der Waals surface area contributed by atoms with Crippen molar-refractivity contribution in [1.29, 1.82) is 0 Å². The fourth-order valence-electron chi connectivity index (χ4n) is 1.10. The van der Waals surface area contributed by atoms with E-state index in [1.165, 1.54) is 0 Å². The fourth-order valence-corrected chi connectivity index (χ4v) is 1.10. The normalized spacial score (nSPS) is 9.47. The second kappa shape index (κ2) is 5.98. The zero-order chi connectivity index (χ0) is 11.1. The van der Waals surface area contributed by atoms with Crippen molar-refractivity contribution in [3.8, 4) is 0 Å². The van der Waals surface area contributed by atoms with Gasteiger partial charge in [0.15, 0.2) is 0 Å². The van der Waals surface area contributed by atoms with E-state index in [9.17, 15) is 0 Å². The summed E-state index contributed by atoms with van der Waals surface area (Å²) >= 11 is 0. The zero-order valence-corrected chi connectivity index (χ0v) is 9.03. The van der Waals surface area contributed by atoms with Gasteiger partial charge in [-0.2, -0.15) is 0 Å². The number of benzene rings is 1. The molecule has 0 aliphatic carbocycles. The van der Waals surface area contributed by atoms with Gasteiger partial charge in [-0.15, -0.1) is 6.58 Å². The van der Waals surface area contributed by atoms with E-state index in [1.807, 2.05) is 30.3 Å². The molecule has 3 nitrogen and oxygen atoms in total. The van der Waals surface area contributed by atoms with Crippen molar-refractivity contribution in [2.45, 2.75) is 19.9 Å². The average Bonchev–Trinajstić information content (AvgIpc) is 2.72. The van der Waals surface area contributed by atoms with E-state index in [1.54, 1.807) is 0 Å². The maximum atomic E-state index is 5.42. The zero-order valence-electron chi connectivity index (χ0n) is 9.03. The average molecular weight is 205 g/mol. The number of nitrogens with zero attached hydrogens (tertiary/aromatic N) is 1. The van der Waals surface area contributed by atoms with Crippen LogP contribution in [0, 0.1) is 0 Å². The Morgan fingerprint density at radius 3 is 2.73 bits per heavy atom. The molecule has 0 amide bonds. The van der Waals surface area contributed by atoms with Gasteiger partial charge in [0.1, 0.15) is 5.82 Å². The molecule has 0 aliphatic rings. The molecule has 0 fully saturated rings. The van der Waals surface area contributed by atoms with Crippen molar-refractivity contribution < 1.29 is 1.43 Å². The van der Waals surface area contributed by atoms with E-state index in [0.717, 1.165) is 23.3 Å². The third kappa shape index (κ3) is 3.22. The SMILES string of the molecule is C=CCC.NCc1nc2ccccc2[nH]1.[HH]. The maximum Gasteiger partial charge on any atom is 0.121 e. The van der Waals surface area contributed by atoms with Gasteiger partial charge in [-0.3, -0.25) is 0 Å². The molecule has 1 heterocycles.